The molecule has 2 aromatic rings. The van der Waals surface area contributed by atoms with Gasteiger partial charge in [-0.3, -0.25) is 0 Å². The number of nitriles is 1. The van der Waals surface area contributed by atoms with Gasteiger partial charge >= 0.3 is 0 Å². The van der Waals surface area contributed by atoms with E-state index in [2.05, 4.69) is 21.4 Å². The van der Waals surface area contributed by atoms with Crippen LogP contribution in [0.4, 0.5) is 5.82 Å². The summed E-state index contributed by atoms with van der Waals surface area (Å²) in [4.78, 5) is 8.66. The third kappa shape index (κ3) is 3.06. The Bertz CT molecular complexity index is 659. The molecule has 0 amide bonds. The predicted octanol–water partition coefficient (Wildman–Crippen LogP) is 3.79. The highest BCUT2D eigenvalue weighted by atomic mass is 35.5. The van der Waals surface area contributed by atoms with E-state index in [-0.39, 0.29) is 6.04 Å². The molecule has 2 rings (SSSR count). The zero-order valence-corrected chi connectivity index (χ0v) is 12.4. The van der Waals surface area contributed by atoms with Gasteiger partial charge in [0.1, 0.15) is 0 Å². The minimum atomic E-state index is 0.0247. The van der Waals surface area contributed by atoms with E-state index in [1.807, 2.05) is 32.9 Å². The average Bonchev–Trinajstić information content (AvgIpc) is 2.44. The first kappa shape index (κ1) is 14.3. The average molecular weight is 287 g/mol. The molecule has 0 radical (unpaired) electrons. The number of hydrogen-bond acceptors (Lipinski definition) is 4. The SMILES string of the molecule is Cc1nc(Cl)c(NC(C)c2ccc(C#N)cc2)nc1C. The van der Waals surface area contributed by atoms with Gasteiger partial charge in [-0.1, -0.05) is 23.7 Å². The van der Waals surface area contributed by atoms with Gasteiger partial charge in [0, 0.05) is 0 Å². The van der Waals surface area contributed by atoms with Crippen LogP contribution in [-0.2, 0) is 0 Å². The third-order valence-corrected chi connectivity index (χ3v) is 3.42. The van der Waals surface area contributed by atoms with E-state index in [1.165, 1.54) is 0 Å². The Morgan fingerprint density at radius 1 is 1.15 bits per heavy atom. The van der Waals surface area contributed by atoms with Crippen LogP contribution in [0, 0.1) is 25.2 Å². The van der Waals surface area contributed by atoms with E-state index in [0.717, 1.165) is 17.0 Å². The van der Waals surface area contributed by atoms with Crippen LogP contribution in [0.1, 0.15) is 35.5 Å². The summed E-state index contributed by atoms with van der Waals surface area (Å²) in [7, 11) is 0. The van der Waals surface area contributed by atoms with Crippen LogP contribution in [0.15, 0.2) is 24.3 Å². The molecule has 0 aliphatic carbocycles. The summed E-state index contributed by atoms with van der Waals surface area (Å²) in [5.41, 5.74) is 3.38. The normalized spacial score (nSPS) is 11.8. The van der Waals surface area contributed by atoms with Crippen LogP contribution >= 0.6 is 11.6 Å². The number of aromatic nitrogens is 2. The fourth-order valence-corrected chi connectivity index (χ4v) is 2.03. The zero-order chi connectivity index (χ0) is 14.7. The molecule has 0 spiro atoms. The van der Waals surface area contributed by atoms with Crippen LogP contribution in [0.3, 0.4) is 0 Å². The molecule has 0 saturated heterocycles. The molecule has 1 N–H and O–H groups in total. The molecule has 0 saturated carbocycles. The van der Waals surface area contributed by atoms with Gasteiger partial charge in [0.25, 0.3) is 0 Å². The molecule has 0 fully saturated rings. The van der Waals surface area contributed by atoms with Crippen LogP contribution in [0.5, 0.6) is 0 Å². The maximum absolute atomic E-state index is 8.79. The topological polar surface area (TPSA) is 61.6 Å². The molecule has 1 unspecified atom stereocenters. The number of rotatable bonds is 3. The van der Waals surface area contributed by atoms with E-state index in [4.69, 9.17) is 16.9 Å². The summed E-state index contributed by atoms with van der Waals surface area (Å²) in [5, 5.41) is 12.4. The van der Waals surface area contributed by atoms with Crippen LogP contribution in [0.2, 0.25) is 5.15 Å². The third-order valence-electron chi connectivity index (χ3n) is 3.16. The molecular weight excluding hydrogens is 272 g/mol. The first-order chi connectivity index (χ1) is 9.51. The summed E-state index contributed by atoms with van der Waals surface area (Å²) in [6, 6.07) is 9.54. The van der Waals surface area contributed by atoms with Crippen molar-refractivity contribution in [2.24, 2.45) is 0 Å². The number of hydrogen-bond donors (Lipinski definition) is 1. The van der Waals surface area contributed by atoms with Crippen molar-refractivity contribution in [3.05, 3.63) is 51.9 Å². The maximum atomic E-state index is 8.79. The van der Waals surface area contributed by atoms with Gasteiger partial charge in [-0.05, 0) is 38.5 Å². The second kappa shape index (κ2) is 5.89. The van der Waals surface area contributed by atoms with Crippen molar-refractivity contribution in [2.45, 2.75) is 26.8 Å². The Morgan fingerprint density at radius 2 is 1.75 bits per heavy atom. The standard InChI is InChI=1S/C15H15ClN4/c1-9-10(2)19-15(14(16)18-9)20-11(3)13-6-4-12(8-17)5-7-13/h4-7,11H,1-3H3,(H,19,20). The maximum Gasteiger partial charge on any atom is 0.171 e. The lowest BCUT2D eigenvalue weighted by atomic mass is 10.1. The molecule has 0 aliphatic rings. The first-order valence-electron chi connectivity index (χ1n) is 6.28. The highest BCUT2D eigenvalue weighted by Gasteiger charge is 2.11. The molecule has 1 aromatic carbocycles. The number of benzene rings is 1. The van der Waals surface area contributed by atoms with Crippen molar-refractivity contribution in [2.75, 3.05) is 5.32 Å². The summed E-state index contributed by atoms with van der Waals surface area (Å²) < 4.78 is 0. The van der Waals surface area contributed by atoms with E-state index >= 15 is 0 Å². The lowest BCUT2D eigenvalue weighted by Crippen LogP contribution is -2.10. The fraction of sp³-hybridized carbons (Fsp3) is 0.267. The minimum Gasteiger partial charge on any atom is -0.361 e. The Hall–Kier alpha value is -2.12. The second-order valence-electron chi connectivity index (χ2n) is 4.63. The molecule has 1 atom stereocenters. The van der Waals surface area contributed by atoms with Crippen molar-refractivity contribution in [1.82, 2.24) is 9.97 Å². The van der Waals surface area contributed by atoms with Gasteiger partial charge in [-0.25, -0.2) is 9.97 Å². The van der Waals surface area contributed by atoms with Crippen molar-refractivity contribution in [1.29, 1.82) is 5.26 Å². The largest absolute Gasteiger partial charge is 0.361 e. The number of halogens is 1. The van der Waals surface area contributed by atoms with Gasteiger partial charge in [-0.2, -0.15) is 5.26 Å². The predicted molar refractivity (Wildman–Crippen MR) is 79.7 cm³/mol. The van der Waals surface area contributed by atoms with Gasteiger partial charge in [0.15, 0.2) is 11.0 Å². The minimum absolute atomic E-state index is 0.0247. The van der Waals surface area contributed by atoms with Gasteiger partial charge in [-0.15, -0.1) is 0 Å². The number of nitrogens with zero attached hydrogens (tertiary/aromatic N) is 3. The highest BCUT2D eigenvalue weighted by Crippen LogP contribution is 2.24. The van der Waals surface area contributed by atoms with Gasteiger partial charge in [0.05, 0.1) is 29.1 Å². The molecule has 0 aliphatic heterocycles. The van der Waals surface area contributed by atoms with Crippen LogP contribution in [-0.4, -0.2) is 9.97 Å². The van der Waals surface area contributed by atoms with Crippen molar-refractivity contribution < 1.29 is 0 Å². The Morgan fingerprint density at radius 3 is 2.35 bits per heavy atom. The quantitative estimate of drug-likeness (QED) is 0.932. The molecule has 1 heterocycles. The summed E-state index contributed by atoms with van der Waals surface area (Å²) in [6.45, 7) is 5.78. The van der Waals surface area contributed by atoms with Crippen molar-refractivity contribution >= 4 is 17.4 Å². The smallest absolute Gasteiger partial charge is 0.171 e. The van der Waals surface area contributed by atoms with Gasteiger partial charge in [0.2, 0.25) is 0 Å². The van der Waals surface area contributed by atoms with E-state index in [0.29, 0.717) is 16.5 Å². The van der Waals surface area contributed by atoms with Crippen molar-refractivity contribution in [3.8, 4) is 6.07 Å². The first-order valence-corrected chi connectivity index (χ1v) is 6.66. The van der Waals surface area contributed by atoms with Crippen molar-refractivity contribution in [3.63, 3.8) is 0 Å². The zero-order valence-electron chi connectivity index (χ0n) is 11.6. The molecule has 4 nitrogen and oxygen atoms in total. The molecular formula is C15H15ClN4. The molecule has 20 heavy (non-hydrogen) atoms. The lowest BCUT2D eigenvalue weighted by molar-refractivity contribution is 0.865. The molecule has 1 aromatic heterocycles. The Balaban J connectivity index is 2.21. The Kier molecular flexibility index (Phi) is 4.21. The van der Waals surface area contributed by atoms with E-state index in [1.54, 1.807) is 12.1 Å². The summed E-state index contributed by atoms with van der Waals surface area (Å²) >= 11 is 6.10. The van der Waals surface area contributed by atoms with Gasteiger partial charge < -0.3 is 5.32 Å². The van der Waals surface area contributed by atoms with E-state index in [9.17, 15) is 0 Å². The second-order valence-corrected chi connectivity index (χ2v) is 4.99. The Labute approximate surface area is 123 Å². The number of nitrogens with one attached hydrogen (secondary N) is 1. The molecule has 5 heteroatoms. The van der Waals surface area contributed by atoms with Crippen LogP contribution < -0.4 is 5.32 Å². The monoisotopic (exact) mass is 286 g/mol. The number of anilines is 1. The lowest BCUT2D eigenvalue weighted by Gasteiger charge is -2.16. The summed E-state index contributed by atoms with van der Waals surface area (Å²) in [6.07, 6.45) is 0. The van der Waals surface area contributed by atoms with E-state index < -0.39 is 0 Å². The molecule has 0 bridgehead atoms. The highest BCUT2D eigenvalue weighted by molar-refractivity contribution is 6.31. The number of aryl methyl sites for hydroxylation is 2. The fourth-order valence-electron chi connectivity index (χ4n) is 1.80. The summed E-state index contributed by atoms with van der Waals surface area (Å²) in [5.74, 6) is 0.576. The van der Waals surface area contributed by atoms with Crippen LogP contribution in [0.25, 0.3) is 0 Å². The molecule has 102 valence electrons.